The number of hydrogen-bond donors (Lipinski definition) is 2. The molecule has 0 saturated carbocycles. The minimum Gasteiger partial charge on any atom is -0.323 e. The van der Waals surface area contributed by atoms with Crippen molar-refractivity contribution in [1.82, 2.24) is 20.1 Å². The van der Waals surface area contributed by atoms with Gasteiger partial charge in [-0.1, -0.05) is 0 Å². The zero-order chi connectivity index (χ0) is 17.2. The van der Waals surface area contributed by atoms with E-state index in [0.717, 1.165) is 5.56 Å². The van der Waals surface area contributed by atoms with Gasteiger partial charge in [0.15, 0.2) is 0 Å². The fraction of sp³-hybridized carbons (Fsp3) is 0.400. The van der Waals surface area contributed by atoms with Gasteiger partial charge in [0.1, 0.15) is 0 Å². The third-order valence-corrected chi connectivity index (χ3v) is 3.97. The number of carbonyl (C=O) groups is 1. The third kappa shape index (κ3) is 5.33. The van der Waals surface area contributed by atoms with Gasteiger partial charge < -0.3 is 10.6 Å². The van der Waals surface area contributed by atoms with E-state index in [1.165, 1.54) is 6.20 Å². The number of aromatic nitrogens is 3. The highest BCUT2D eigenvalue weighted by atomic mass is 35.5. The lowest BCUT2D eigenvalue weighted by atomic mass is 9.94. The molecule has 0 bridgehead atoms. The van der Waals surface area contributed by atoms with Crippen molar-refractivity contribution in [2.75, 3.05) is 18.4 Å². The molecular weight excluding hydrogens is 394 g/mol. The number of hydrogen-bond acceptors (Lipinski definition) is 4. The zero-order valence-corrected chi connectivity index (χ0v) is 15.1. The van der Waals surface area contributed by atoms with E-state index >= 15 is 0 Å². The highest BCUT2D eigenvalue weighted by molar-refractivity contribution is 5.93. The van der Waals surface area contributed by atoms with Crippen molar-refractivity contribution in [3.63, 3.8) is 0 Å². The van der Waals surface area contributed by atoms with Crippen molar-refractivity contribution >= 4 is 36.4 Å². The smallest absolute Gasteiger partial charge is 0.323 e. The van der Waals surface area contributed by atoms with Gasteiger partial charge in [-0.3, -0.25) is 14.5 Å². The van der Waals surface area contributed by atoms with E-state index in [9.17, 15) is 18.0 Å². The van der Waals surface area contributed by atoms with E-state index in [1.54, 1.807) is 23.3 Å². The zero-order valence-electron chi connectivity index (χ0n) is 13.4. The van der Waals surface area contributed by atoms with E-state index in [-0.39, 0.29) is 37.9 Å². The van der Waals surface area contributed by atoms with E-state index in [0.29, 0.717) is 12.2 Å². The van der Waals surface area contributed by atoms with Crippen LogP contribution in [0.3, 0.4) is 0 Å². The fourth-order valence-electron chi connectivity index (χ4n) is 2.72. The van der Waals surface area contributed by atoms with Crippen molar-refractivity contribution in [2.45, 2.75) is 12.7 Å². The van der Waals surface area contributed by atoms with Crippen LogP contribution in [0.5, 0.6) is 0 Å². The van der Waals surface area contributed by atoms with Gasteiger partial charge in [0, 0.05) is 31.7 Å². The summed E-state index contributed by atoms with van der Waals surface area (Å²) in [5.74, 6) is -3.44. The maximum absolute atomic E-state index is 12.9. The molecule has 1 saturated heterocycles. The van der Waals surface area contributed by atoms with Crippen molar-refractivity contribution in [3.05, 3.63) is 42.5 Å². The highest BCUT2D eigenvalue weighted by Gasteiger charge is 2.49. The van der Waals surface area contributed by atoms with Gasteiger partial charge in [-0.2, -0.15) is 18.3 Å². The van der Waals surface area contributed by atoms with Crippen molar-refractivity contribution in [3.8, 4) is 0 Å². The van der Waals surface area contributed by atoms with Crippen molar-refractivity contribution in [2.24, 2.45) is 11.8 Å². The molecule has 3 rings (SSSR count). The minimum atomic E-state index is -4.39. The molecule has 3 heterocycles. The Bertz CT molecular complexity index is 711. The first kappa shape index (κ1) is 22.2. The number of alkyl halides is 3. The summed E-state index contributed by atoms with van der Waals surface area (Å²) < 4.78 is 40.3. The summed E-state index contributed by atoms with van der Waals surface area (Å²) in [5.41, 5.74) is 1.35. The van der Waals surface area contributed by atoms with Crippen LogP contribution >= 0.6 is 24.8 Å². The molecule has 2 N–H and O–H groups in total. The third-order valence-electron chi connectivity index (χ3n) is 3.97. The molecule has 0 radical (unpaired) electrons. The Kier molecular flexibility index (Phi) is 7.86. The second-order valence-corrected chi connectivity index (χ2v) is 5.68. The first-order chi connectivity index (χ1) is 11.4. The quantitative estimate of drug-likeness (QED) is 0.810. The first-order valence-corrected chi connectivity index (χ1v) is 7.43. The lowest BCUT2D eigenvalue weighted by Crippen LogP contribution is -2.36. The number of anilines is 1. The Balaban J connectivity index is 0.00000169. The van der Waals surface area contributed by atoms with Crippen LogP contribution in [0.15, 0.2) is 36.9 Å². The minimum absolute atomic E-state index is 0. The van der Waals surface area contributed by atoms with Crippen molar-refractivity contribution < 1.29 is 18.0 Å². The second kappa shape index (κ2) is 9.20. The number of pyridine rings is 1. The Labute approximate surface area is 160 Å². The van der Waals surface area contributed by atoms with Gasteiger partial charge in [0.25, 0.3) is 0 Å². The van der Waals surface area contributed by atoms with E-state index < -0.39 is 23.9 Å². The van der Waals surface area contributed by atoms with E-state index in [1.807, 2.05) is 12.1 Å². The molecule has 2 aromatic heterocycles. The molecule has 26 heavy (non-hydrogen) atoms. The first-order valence-electron chi connectivity index (χ1n) is 7.43. The molecule has 2 aromatic rings. The summed E-state index contributed by atoms with van der Waals surface area (Å²) in [6.07, 6.45) is 1.93. The lowest BCUT2D eigenvalue weighted by Gasteiger charge is -2.20. The summed E-state index contributed by atoms with van der Waals surface area (Å²) in [5, 5.41) is 9.25. The predicted octanol–water partition coefficient (Wildman–Crippen LogP) is 2.51. The molecule has 0 unspecified atom stereocenters. The Morgan fingerprint density at radius 2 is 1.96 bits per heavy atom. The molecule has 0 aromatic carbocycles. The molecule has 0 spiro atoms. The average Bonchev–Trinajstić information content (AvgIpc) is 3.17. The molecule has 0 aliphatic carbocycles. The summed E-state index contributed by atoms with van der Waals surface area (Å²) in [7, 11) is 0. The second-order valence-electron chi connectivity index (χ2n) is 5.68. The molecular formula is C15H18Cl2F3N5O. The largest absolute Gasteiger partial charge is 0.393 e. The number of carbonyl (C=O) groups excluding carboxylic acids is 1. The van der Waals surface area contributed by atoms with Gasteiger partial charge >= 0.3 is 6.18 Å². The standard InChI is InChI=1S/C15H16F3N5O.2ClH/c16-15(17,18)13-7-20-6-12(13)14(24)22-11-5-21-23(9-11)8-10-1-3-19-4-2-10;;/h1-5,9,12-13,20H,6-8H2,(H,22,24);2*1H/t12-,13-;;/m1../s1. The van der Waals surface area contributed by atoms with Crippen LogP contribution in [0, 0.1) is 11.8 Å². The van der Waals surface area contributed by atoms with Crippen LogP contribution in [0.2, 0.25) is 0 Å². The van der Waals surface area contributed by atoms with Gasteiger partial charge in [-0.25, -0.2) is 0 Å². The number of nitrogens with one attached hydrogen (secondary N) is 2. The molecule has 1 aliphatic rings. The van der Waals surface area contributed by atoms with Crippen LogP contribution in [-0.4, -0.2) is 39.9 Å². The van der Waals surface area contributed by atoms with Gasteiger partial charge in [0.2, 0.25) is 5.91 Å². The average molecular weight is 412 g/mol. The van der Waals surface area contributed by atoms with E-state index in [2.05, 4.69) is 20.7 Å². The van der Waals surface area contributed by atoms with Crippen LogP contribution < -0.4 is 10.6 Å². The number of rotatable bonds is 4. The summed E-state index contributed by atoms with van der Waals surface area (Å²) in [4.78, 5) is 16.1. The van der Waals surface area contributed by atoms with E-state index in [4.69, 9.17) is 0 Å². The van der Waals surface area contributed by atoms with Crippen molar-refractivity contribution in [1.29, 1.82) is 0 Å². The molecule has 1 amide bonds. The van der Waals surface area contributed by atoms with Gasteiger partial charge in [-0.15, -0.1) is 24.8 Å². The molecule has 1 fully saturated rings. The highest BCUT2D eigenvalue weighted by Crippen LogP contribution is 2.34. The Hall–Kier alpha value is -1.84. The summed E-state index contributed by atoms with van der Waals surface area (Å²) >= 11 is 0. The lowest BCUT2D eigenvalue weighted by molar-refractivity contribution is -0.181. The molecule has 6 nitrogen and oxygen atoms in total. The number of amides is 1. The van der Waals surface area contributed by atoms with Crippen LogP contribution in [0.25, 0.3) is 0 Å². The maximum atomic E-state index is 12.9. The normalized spacial score (nSPS) is 19.3. The van der Waals surface area contributed by atoms with Crippen LogP contribution in [-0.2, 0) is 11.3 Å². The van der Waals surface area contributed by atoms with Crippen LogP contribution in [0.1, 0.15) is 5.56 Å². The maximum Gasteiger partial charge on any atom is 0.393 e. The SMILES string of the molecule is Cl.Cl.O=C(Nc1cnn(Cc2ccncc2)c1)[C@@H]1CNC[C@H]1C(F)(F)F. The van der Waals surface area contributed by atoms with Gasteiger partial charge in [-0.05, 0) is 17.7 Å². The topological polar surface area (TPSA) is 71.8 Å². The summed E-state index contributed by atoms with van der Waals surface area (Å²) in [6.45, 7) is 0.263. The molecule has 11 heteroatoms. The number of halogens is 5. The monoisotopic (exact) mass is 411 g/mol. The van der Waals surface area contributed by atoms with Gasteiger partial charge in [0.05, 0.1) is 30.3 Å². The van der Waals surface area contributed by atoms with Crippen LogP contribution in [0.4, 0.5) is 18.9 Å². The molecule has 2 atom stereocenters. The predicted molar refractivity (Wildman–Crippen MR) is 94.6 cm³/mol. The number of nitrogens with zero attached hydrogens (tertiary/aromatic N) is 3. The Morgan fingerprint density at radius 1 is 1.27 bits per heavy atom. The molecule has 1 aliphatic heterocycles. The fourth-order valence-corrected chi connectivity index (χ4v) is 2.72. The molecule has 144 valence electrons. The summed E-state index contributed by atoms with van der Waals surface area (Å²) in [6, 6.07) is 3.66. The Morgan fingerprint density at radius 3 is 2.62 bits per heavy atom.